The lowest BCUT2D eigenvalue weighted by atomic mass is 10.2. The van der Waals surface area contributed by atoms with E-state index in [-0.39, 0.29) is 0 Å². The Hall–Kier alpha value is -2.78. The van der Waals surface area contributed by atoms with Crippen molar-refractivity contribution < 1.29 is 9.47 Å². The first kappa shape index (κ1) is 25.3. The number of benzene rings is 3. The van der Waals surface area contributed by atoms with Crippen LogP contribution in [0.4, 0.5) is 0 Å². The largest absolute Gasteiger partial charge is 0.493 e. The molecule has 4 rings (SSSR count). The number of rotatable bonds is 12. The molecule has 0 saturated heterocycles. The summed E-state index contributed by atoms with van der Waals surface area (Å²) >= 11 is 13.7. The lowest BCUT2D eigenvalue weighted by molar-refractivity contribution is 0.284. The third kappa shape index (κ3) is 7.11. The number of aromatic nitrogens is 4. The van der Waals surface area contributed by atoms with Gasteiger partial charge in [-0.2, -0.15) is 4.68 Å². The van der Waals surface area contributed by atoms with Crippen LogP contribution in [0, 0.1) is 0 Å². The molecule has 1 heterocycles. The molecular formula is C25H25Cl2N5O2S. The molecule has 0 unspecified atom stereocenters. The van der Waals surface area contributed by atoms with Crippen LogP contribution in [0.3, 0.4) is 0 Å². The van der Waals surface area contributed by atoms with E-state index in [1.165, 1.54) is 0 Å². The first-order valence-electron chi connectivity index (χ1n) is 11.0. The number of para-hydroxylation sites is 1. The highest BCUT2D eigenvalue weighted by atomic mass is 35.5. The van der Waals surface area contributed by atoms with Crippen LogP contribution in [0.1, 0.15) is 17.5 Å². The molecule has 0 aliphatic carbocycles. The van der Waals surface area contributed by atoms with Gasteiger partial charge in [-0.1, -0.05) is 65.3 Å². The zero-order chi connectivity index (χ0) is 24.5. The van der Waals surface area contributed by atoms with Gasteiger partial charge in [-0.3, -0.25) is 0 Å². The molecule has 0 bridgehead atoms. The molecule has 0 atom stereocenters. The molecule has 182 valence electrons. The van der Waals surface area contributed by atoms with Crippen molar-refractivity contribution in [1.82, 2.24) is 25.5 Å². The average molecular weight is 530 g/mol. The predicted molar refractivity (Wildman–Crippen MR) is 140 cm³/mol. The molecule has 35 heavy (non-hydrogen) atoms. The van der Waals surface area contributed by atoms with Crippen molar-refractivity contribution in [1.29, 1.82) is 0 Å². The minimum atomic E-state index is 0.371. The van der Waals surface area contributed by atoms with Crippen LogP contribution in [0.15, 0.2) is 71.9 Å². The molecule has 10 heteroatoms. The number of nitrogens with one attached hydrogen (secondary N) is 1. The highest BCUT2D eigenvalue weighted by Gasteiger charge is 2.09. The van der Waals surface area contributed by atoms with Crippen LogP contribution in [0.5, 0.6) is 11.5 Å². The Morgan fingerprint density at radius 3 is 2.57 bits per heavy atom. The zero-order valence-corrected chi connectivity index (χ0v) is 21.5. The summed E-state index contributed by atoms with van der Waals surface area (Å²) < 4.78 is 13.2. The van der Waals surface area contributed by atoms with Gasteiger partial charge in [0.05, 0.1) is 22.8 Å². The lowest BCUT2D eigenvalue weighted by Gasteiger charge is -2.13. The normalized spacial score (nSPS) is 10.9. The highest BCUT2D eigenvalue weighted by Crippen LogP contribution is 2.30. The van der Waals surface area contributed by atoms with Crippen molar-refractivity contribution in [3.05, 3.63) is 87.9 Å². The van der Waals surface area contributed by atoms with Crippen LogP contribution in [0.25, 0.3) is 5.69 Å². The fourth-order valence-electron chi connectivity index (χ4n) is 3.33. The number of halogens is 2. The number of ether oxygens (including phenoxy) is 2. The van der Waals surface area contributed by atoms with E-state index in [1.54, 1.807) is 35.7 Å². The molecule has 0 aliphatic rings. The molecule has 0 aliphatic heterocycles. The Morgan fingerprint density at radius 1 is 0.943 bits per heavy atom. The van der Waals surface area contributed by atoms with E-state index in [1.807, 2.05) is 54.6 Å². The monoisotopic (exact) mass is 529 g/mol. The van der Waals surface area contributed by atoms with E-state index in [2.05, 4.69) is 20.8 Å². The van der Waals surface area contributed by atoms with Crippen LogP contribution >= 0.6 is 35.0 Å². The minimum Gasteiger partial charge on any atom is -0.493 e. The van der Waals surface area contributed by atoms with Gasteiger partial charge >= 0.3 is 0 Å². The second kappa shape index (κ2) is 12.8. The molecule has 0 spiro atoms. The number of thioether (sulfide) groups is 1. The second-order valence-corrected chi connectivity index (χ2v) is 9.49. The Kier molecular flexibility index (Phi) is 9.25. The smallest absolute Gasteiger partial charge is 0.214 e. The Balaban J connectivity index is 1.21. The van der Waals surface area contributed by atoms with Gasteiger partial charge in [0.25, 0.3) is 0 Å². The summed E-state index contributed by atoms with van der Waals surface area (Å²) in [4.78, 5) is 0. The summed E-state index contributed by atoms with van der Waals surface area (Å²) in [5.74, 6) is 2.27. The third-order valence-corrected chi connectivity index (χ3v) is 6.85. The molecular weight excluding hydrogens is 505 g/mol. The van der Waals surface area contributed by atoms with Crippen LogP contribution in [-0.2, 0) is 13.2 Å². The Labute approximate surface area is 218 Å². The van der Waals surface area contributed by atoms with Crippen molar-refractivity contribution in [3.8, 4) is 17.2 Å². The van der Waals surface area contributed by atoms with Gasteiger partial charge in [0.2, 0.25) is 5.16 Å². The molecule has 0 saturated carbocycles. The summed E-state index contributed by atoms with van der Waals surface area (Å²) in [7, 11) is 1.64. The van der Waals surface area contributed by atoms with E-state index < -0.39 is 0 Å². The van der Waals surface area contributed by atoms with E-state index >= 15 is 0 Å². The van der Waals surface area contributed by atoms with Crippen molar-refractivity contribution in [2.24, 2.45) is 0 Å². The average Bonchev–Trinajstić information content (AvgIpc) is 3.36. The molecule has 3 aromatic carbocycles. The van der Waals surface area contributed by atoms with Crippen molar-refractivity contribution >= 4 is 35.0 Å². The van der Waals surface area contributed by atoms with E-state index in [0.717, 1.165) is 47.2 Å². The molecule has 0 amide bonds. The van der Waals surface area contributed by atoms with Gasteiger partial charge in [0.1, 0.15) is 6.61 Å². The number of hydrogen-bond donors (Lipinski definition) is 1. The van der Waals surface area contributed by atoms with Gasteiger partial charge in [0, 0.05) is 12.3 Å². The first-order chi connectivity index (χ1) is 17.1. The molecule has 1 N–H and O–H groups in total. The summed E-state index contributed by atoms with van der Waals surface area (Å²) in [5, 5.41) is 17.3. The van der Waals surface area contributed by atoms with Gasteiger partial charge < -0.3 is 14.8 Å². The van der Waals surface area contributed by atoms with Gasteiger partial charge in [-0.25, -0.2) is 0 Å². The molecule has 0 radical (unpaired) electrons. The summed E-state index contributed by atoms with van der Waals surface area (Å²) in [6.07, 6.45) is 0.980. The zero-order valence-electron chi connectivity index (χ0n) is 19.2. The SMILES string of the molecule is COc1cc(CNCCCSc2nnnn2-c2ccccc2)ccc1OCc1ccc(Cl)c(Cl)c1. The van der Waals surface area contributed by atoms with Crippen molar-refractivity contribution in [2.75, 3.05) is 19.4 Å². The Morgan fingerprint density at radius 2 is 1.77 bits per heavy atom. The standard InChI is InChI=1S/C25H25Cl2N5O2S/c1-33-24-15-18(9-11-23(24)34-17-19-8-10-21(26)22(27)14-19)16-28-12-5-13-35-25-29-30-31-32(25)20-6-3-2-4-7-20/h2-4,6-11,14-15,28H,5,12-13,16-17H2,1H3. The van der Waals surface area contributed by atoms with Crippen LogP contribution in [0.2, 0.25) is 10.0 Å². The summed E-state index contributed by atoms with van der Waals surface area (Å²) in [6.45, 7) is 1.98. The fraction of sp³-hybridized carbons (Fsp3) is 0.240. The van der Waals surface area contributed by atoms with Crippen LogP contribution < -0.4 is 14.8 Å². The Bertz CT molecular complexity index is 1240. The van der Waals surface area contributed by atoms with Gasteiger partial charge in [-0.05, 0) is 70.9 Å². The van der Waals surface area contributed by atoms with Gasteiger partial charge in [0.15, 0.2) is 11.5 Å². The highest BCUT2D eigenvalue weighted by molar-refractivity contribution is 7.99. The molecule has 0 fully saturated rings. The maximum absolute atomic E-state index is 6.08. The topological polar surface area (TPSA) is 74.1 Å². The minimum absolute atomic E-state index is 0.371. The van der Waals surface area contributed by atoms with Crippen molar-refractivity contribution in [3.63, 3.8) is 0 Å². The molecule has 4 aromatic rings. The van der Waals surface area contributed by atoms with E-state index in [4.69, 9.17) is 32.7 Å². The van der Waals surface area contributed by atoms with Crippen molar-refractivity contribution in [2.45, 2.75) is 24.7 Å². The second-order valence-electron chi connectivity index (χ2n) is 7.61. The summed E-state index contributed by atoms with van der Waals surface area (Å²) in [5.41, 5.74) is 3.00. The number of hydrogen-bond acceptors (Lipinski definition) is 7. The first-order valence-corrected chi connectivity index (χ1v) is 12.8. The van der Waals surface area contributed by atoms with Gasteiger partial charge in [-0.15, -0.1) is 5.10 Å². The molecule has 7 nitrogen and oxygen atoms in total. The van der Waals surface area contributed by atoms with E-state index in [0.29, 0.717) is 28.2 Å². The van der Waals surface area contributed by atoms with Crippen LogP contribution in [-0.4, -0.2) is 39.6 Å². The number of nitrogens with zero attached hydrogens (tertiary/aromatic N) is 4. The third-order valence-electron chi connectivity index (χ3n) is 5.11. The lowest BCUT2D eigenvalue weighted by Crippen LogP contribution is -2.15. The number of tetrazole rings is 1. The molecule has 1 aromatic heterocycles. The number of methoxy groups -OCH3 is 1. The summed E-state index contributed by atoms with van der Waals surface area (Å²) in [6, 6.07) is 21.3. The quantitative estimate of drug-likeness (QED) is 0.183. The maximum atomic E-state index is 6.08. The predicted octanol–water partition coefficient (Wildman–Crippen LogP) is 5.83. The fourth-order valence-corrected chi connectivity index (χ4v) is 4.48. The maximum Gasteiger partial charge on any atom is 0.214 e. The van der Waals surface area contributed by atoms with E-state index in [9.17, 15) is 0 Å².